The number of methoxy groups -OCH3 is 2. The van der Waals surface area contributed by atoms with Crippen LogP contribution in [0.3, 0.4) is 0 Å². The van der Waals surface area contributed by atoms with Crippen molar-refractivity contribution in [2.24, 2.45) is 5.84 Å². The van der Waals surface area contributed by atoms with Crippen molar-refractivity contribution in [3.05, 3.63) is 30.0 Å². The molecule has 0 aliphatic rings. The fourth-order valence-corrected chi connectivity index (χ4v) is 1.69. The minimum absolute atomic E-state index is 0.346. The van der Waals surface area contributed by atoms with Crippen molar-refractivity contribution in [1.29, 1.82) is 0 Å². The molecule has 0 fully saturated rings. The van der Waals surface area contributed by atoms with Gasteiger partial charge in [-0.25, -0.2) is 10.8 Å². The van der Waals surface area contributed by atoms with E-state index >= 15 is 0 Å². The smallest absolute Gasteiger partial charge is 0.239 e. The Labute approximate surface area is 117 Å². The zero-order chi connectivity index (χ0) is 14.5. The SMILES string of the molecule is COc1ccc(Nc2nc(NN)ncc2C)cc1OC. The summed E-state index contributed by atoms with van der Waals surface area (Å²) in [5.41, 5.74) is 4.14. The third-order valence-electron chi connectivity index (χ3n) is 2.75. The van der Waals surface area contributed by atoms with Gasteiger partial charge in [-0.3, -0.25) is 5.43 Å². The highest BCUT2D eigenvalue weighted by atomic mass is 16.5. The van der Waals surface area contributed by atoms with Crippen molar-refractivity contribution < 1.29 is 9.47 Å². The molecule has 20 heavy (non-hydrogen) atoms. The first-order valence-electron chi connectivity index (χ1n) is 5.97. The number of hydrogen-bond acceptors (Lipinski definition) is 7. The molecular weight excluding hydrogens is 258 g/mol. The number of rotatable bonds is 5. The lowest BCUT2D eigenvalue weighted by Gasteiger charge is -2.12. The topological polar surface area (TPSA) is 94.3 Å². The average Bonchev–Trinajstić information content (AvgIpc) is 2.49. The van der Waals surface area contributed by atoms with Gasteiger partial charge in [-0.05, 0) is 19.1 Å². The Bertz CT molecular complexity index is 603. The molecule has 7 heteroatoms. The van der Waals surface area contributed by atoms with Gasteiger partial charge in [0.2, 0.25) is 5.95 Å². The first-order valence-corrected chi connectivity index (χ1v) is 5.97. The Kier molecular flexibility index (Phi) is 4.21. The molecule has 0 aliphatic carbocycles. The third-order valence-corrected chi connectivity index (χ3v) is 2.75. The molecule has 0 radical (unpaired) electrons. The molecule has 0 saturated heterocycles. The molecule has 2 rings (SSSR count). The lowest BCUT2D eigenvalue weighted by molar-refractivity contribution is 0.355. The van der Waals surface area contributed by atoms with E-state index in [1.807, 2.05) is 25.1 Å². The van der Waals surface area contributed by atoms with Gasteiger partial charge in [-0.1, -0.05) is 0 Å². The molecule has 0 bridgehead atoms. The number of nitrogens with two attached hydrogens (primary N) is 1. The van der Waals surface area contributed by atoms with E-state index in [0.717, 1.165) is 11.3 Å². The Hall–Kier alpha value is -2.54. The molecule has 0 amide bonds. The molecule has 7 nitrogen and oxygen atoms in total. The molecule has 0 aliphatic heterocycles. The Balaban J connectivity index is 2.30. The predicted octanol–water partition coefficient (Wildman–Crippen LogP) is 1.83. The van der Waals surface area contributed by atoms with Crippen LogP contribution in [0, 0.1) is 6.92 Å². The van der Waals surface area contributed by atoms with Crippen molar-refractivity contribution in [2.75, 3.05) is 25.0 Å². The lowest BCUT2D eigenvalue weighted by atomic mass is 10.2. The second kappa shape index (κ2) is 6.07. The molecule has 1 aromatic carbocycles. The molecule has 2 aromatic rings. The largest absolute Gasteiger partial charge is 0.493 e. The van der Waals surface area contributed by atoms with E-state index in [1.165, 1.54) is 0 Å². The van der Waals surface area contributed by atoms with E-state index < -0.39 is 0 Å². The fourth-order valence-electron chi connectivity index (χ4n) is 1.69. The Morgan fingerprint density at radius 1 is 1.15 bits per heavy atom. The van der Waals surface area contributed by atoms with Gasteiger partial charge >= 0.3 is 0 Å². The fraction of sp³-hybridized carbons (Fsp3) is 0.231. The Morgan fingerprint density at radius 3 is 2.55 bits per heavy atom. The monoisotopic (exact) mass is 275 g/mol. The van der Waals surface area contributed by atoms with E-state index in [9.17, 15) is 0 Å². The van der Waals surface area contributed by atoms with Crippen LogP contribution in [-0.4, -0.2) is 24.2 Å². The zero-order valence-corrected chi connectivity index (χ0v) is 11.6. The summed E-state index contributed by atoms with van der Waals surface area (Å²) in [6.07, 6.45) is 1.69. The van der Waals surface area contributed by atoms with Crippen molar-refractivity contribution in [1.82, 2.24) is 9.97 Å². The van der Waals surface area contributed by atoms with Crippen molar-refractivity contribution in [3.8, 4) is 11.5 Å². The molecule has 4 N–H and O–H groups in total. The maximum atomic E-state index is 5.31. The number of ether oxygens (including phenoxy) is 2. The number of hydrogen-bond donors (Lipinski definition) is 3. The van der Waals surface area contributed by atoms with E-state index in [0.29, 0.717) is 23.3 Å². The number of benzene rings is 1. The summed E-state index contributed by atoms with van der Waals surface area (Å²) in [7, 11) is 3.19. The van der Waals surface area contributed by atoms with Crippen LogP contribution in [-0.2, 0) is 0 Å². The molecule has 0 atom stereocenters. The maximum absolute atomic E-state index is 5.31. The lowest BCUT2D eigenvalue weighted by Crippen LogP contribution is -2.11. The van der Waals surface area contributed by atoms with Crippen LogP contribution >= 0.6 is 0 Å². The molecule has 1 heterocycles. The number of aryl methyl sites for hydroxylation is 1. The van der Waals surface area contributed by atoms with Crippen molar-refractivity contribution in [2.45, 2.75) is 6.92 Å². The van der Waals surface area contributed by atoms with Gasteiger partial charge in [0.25, 0.3) is 0 Å². The molecule has 0 saturated carbocycles. The van der Waals surface area contributed by atoms with Gasteiger partial charge in [-0.15, -0.1) is 0 Å². The summed E-state index contributed by atoms with van der Waals surface area (Å²) in [5.74, 6) is 7.63. The van der Waals surface area contributed by atoms with Crippen LogP contribution in [0.2, 0.25) is 0 Å². The van der Waals surface area contributed by atoms with Gasteiger partial charge in [0, 0.05) is 23.5 Å². The van der Waals surface area contributed by atoms with Crippen molar-refractivity contribution in [3.63, 3.8) is 0 Å². The van der Waals surface area contributed by atoms with E-state index in [4.69, 9.17) is 15.3 Å². The van der Waals surface area contributed by atoms with E-state index in [-0.39, 0.29) is 0 Å². The number of nitrogen functional groups attached to an aromatic ring is 1. The zero-order valence-electron chi connectivity index (χ0n) is 11.6. The summed E-state index contributed by atoms with van der Waals surface area (Å²) < 4.78 is 10.5. The standard InChI is InChI=1S/C13H17N5O2/c1-8-7-15-13(18-14)17-12(8)16-9-4-5-10(19-2)11(6-9)20-3/h4-7H,14H2,1-3H3,(H2,15,16,17,18). The average molecular weight is 275 g/mol. The van der Waals surface area contributed by atoms with Crippen LogP contribution < -0.4 is 26.1 Å². The quantitative estimate of drug-likeness (QED) is 0.566. The van der Waals surface area contributed by atoms with Gasteiger partial charge in [0.15, 0.2) is 11.5 Å². The molecule has 0 spiro atoms. The Morgan fingerprint density at radius 2 is 1.90 bits per heavy atom. The van der Waals surface area contributed by atoms with Crippen LogP contribution in [0.15, 0.2) is 24.4 Å². The summed E-state index contributed by atoms with van der Waals surface area (Å²) >= 11 is 0. The number of aromatic nitrogens is 2. The van der Waals surface area contributed by atoms with Gasteiger partial charge in [-0.2, -0.15) is 4.98 Å². The second-order valence-electron chi connectivity index (χ2n) is 4.06. The summed E-state index contributed by atoms with van der Waals surface area (Å²) in [6, 6.07) is 5.52. The van der Waals surface area contributed by atoms with Gasteiger partial charge in [0.05, 0.1) is 14.2 Å². The molecule has 1 aromatic heterocycles. The van der Waals surface area contributed by atoms with Crippen molar-refractivity contribution >= 4 is 17.5 Å². The highest BCUT2D eigenvalue weighted by molar-refractivity contribution is 5.63. The van der Waals surface area contributed by atoms with Crippen LogP contribution in [0.1, 0.15) is 5.56 Å². The van der Waals surface area contributed by atoms with Crippen LogP contribution in [0.5, 0.6) is 11.5 Å². The van der Waals surface area contributed by atoms with E-state index in [1.54, 1.807) is 20.4 Å². The van der Waals surface area contributed by atoms with Crippen LogP contribution in [0.4, 0.5) is 17.5 Å². The molecule has 106 valence electrons. The van der Waals surface area contributed by atoms with Gasteiger partial charge in [0.1, 0.15) is 5.82 Å². The minimum atomic E-state index is 0.346. The summed E-state index contributed by atoms with van der Waals surface area (Å²) in [4.78, 5) is 8.28. The third kappa shape index (κ3) is 2.89. The van der Waals surface area contributed by atoms with Gasteiger partial charge < -0.3 is 14.8 Å². The highest BCUT2D eigenvalue weighted by Gasteiger charge is 2.07. The predicted molar refractivity (Wildman–Crippen MR) is 77.4 cm³/mol. The molecule has 0 unspecified atom stereocenters. The molecular formula is C13H17N5O2. The number of anilines is 3. The number of nitrogens with zero attached hydrogens (tertiary/aromatic N) is 2. The second-order valence-corrected chi connectivity index (χ2v) is 4.06. The maximum Gasteiger partial charge on any atom is 0.239 e. The highest BCUT2D eigenvalue weighted by Crippen LogP contribution is 2.31. The summed E-state index contributed by atoms with van der Waals surface area (Å²) in [6.45, 7) is 1.91. The first kappa shape index (κ1) is 13.9. The van der Waals surface area contributed by atoms with Crippen LogP contribution in [0.25, 0.3) is 0 Å². The van der Waals surface area contributed by atoms with E-state index in [2.05, 4.69) is 20.7 Å². The summed E-state index contributed by atoms with van der Waals surface area (Å²) in [5, 5.41) is 3.19. The number of nitrogens with one attached hydrogen (secondary N) is 2. The first-order chi connectivity index (χ1) is 9.67. The number of hydrazine groups is 1. The normalized spacial score (nSPS) is 10.0. The minimum Gasteiger partial charge on any atom is -0.493 e.